The molecule has 1 saturated heterocycles. The van der Waals surface area contributed by atoms with Crippen LogP contribution in [0.3, 0.4) is 0 Å². The molecular weight excluding hydrogens is 204 g/mol. The number of ether oxygens (including phenoxy) is 1. The fraction of sp³-hybridized carbons (Fsp3) is 0.583. The summed E-state index contributed by atoms with van der Waals surface area (Å²) in [4.78, 5) is 6.58. The van der Waals surface area contributed by atoms with Gasteiger partial charge in [0.25, 0.3) is 0 Å². The fourth-order valence-corrected chi connectivity index (χ4v) is 1.88. The van der Waals surface area contributed by atoms with Crippen molar-refractivity contribution < 1.29 is 9.84 Å². The lowest BCUT2D eigenvalue weighted by atomic mass is 10.2. The predicted molar refractivity (Wildman–Crippen MR) is 62.7 cm³/mol. The van der Waals surface area contributed by atoms with E-state index in [1.165, 1.54) is 0 Å². The molecule has 0 amide bonds. The van der Waals surface area contributed by atoms with E-state index in [2.05, 4.69) is 28.9 Å². The molecule has 1 aromatic heterocycles. The summed E-state index contributed by atoms with van der Waals surface area (Å²) in [6.45, 7) is 4.45. The maximum absolute atomic E-state index is 9.07. The molecule has 1 aliphatic heterocycles. The second-order valence-electron chi connectivity index (χ2n) is 3.98. The SMILES string of the molecule is CCc1ccc(N2CCO[C@H](CO)C2)cn1. The number of morpholine rings is 1. The van der Waals surface area contributed by atoms with Gasteiger partial charge in [-0.2, -0.15) is 0 Å². The molecule has 0 aliphatic carbocycles. The van der Waals surface area contributed by atoms with Gasteiger partial charge < -0.3 is 14.7 Å². The van der Waals surface area contributed by atoms with E-state index < -0.39 is 0 Å². The number of anilines is 1. The maximum atomic E-state index is 9.07. The molecule has 0 radical (unpaired) electrons. The van der Waals surface area contributed by atoms with Crippen molar-refractivity contribution in [3.05, 3.63) is 24.0 Å². The average Bonchev–Trinajstić information content (AvgIpc) is 2.39. The molecule has 1 N–H and O–H groups in total. The summed E-state index contributed by atoms with van der Waals surface area (Å²) in [5.74, 6) is 0. The van der Waals surface area contributed by atoms with Crippen molar-refractivity contribution in [2.45, 2.75) is 19.4 Å². The van der Waals surface area contributed by atoms with Crippen LogP contribution in [0.2, 0.25) is 0 Å². The van der Waals surface area contributed by atoms with E-state index in [0.29, 0.717) is 6.61 Å². The van der Waals surface area contributed by atoms with Gasteiger partial charge in [0.05, 0.1) is 31.2 Å². The van der Waals surface area contributed by atoms with E-state index in [0.717, 1.165) is 30.9 Å². The minimum absolute atomic E-state index is 0.0698. The lowest BCUT2D eigenvalue weighted by Gasteiger charge is -2.33. The van der Waals surface area contributed by atoms with Crippen molar-refractivity contribution in [3.63, 3.8) is 0 Å². The van der Waals surface area contributed by atoms with E-state index >= 15 is 0 Å². The predicted octanol–water partition coefficient (Wildman–Crippen LogP) is 0.841. The van der Waals surface area contributed by atoms with Gasteiger partial charge in [-0.3, -0.25) is 4.98 Å². The summed E-state index contributed by atoms with van der Waals surface area (Å²) in [6, 6.07) is 4.14. The quantitative estimate of drug-likeness (QED) is 0.823. The van der Waals surface area contributed by atoms with Crippen LogP contribution in [0.5, 0.6) is 0 Å². The molecule has 1 aromatic rings. The molecule has 4 nitrogen and oxygen atoms in total. The van der Waals surface area contributed by atoms with Crippen molar-refractivity contribution in [1.82, 2.24) is 4.98 Å². The minimum atomic E-state index is -0.0698. The summed E-state index contributed by atoms with van der Waals surface area (Å²) in [5.41, 5.74) is 2.22. The first-order valence-corrected chi connectivity index (χ1v) is 5.75. The van der Waals surface area contributed by atoms with Crippen molar-refractivity contribution in [1.29, 1.82) is 0 Å². The van der Waals surface area contributed by atoms with Crippen molar-refractivity contribution in [2.24, 2.45) is 0 Å². The van der Waals surface area contributed by atoms with Crippen LogP contribution < -0.4 is 4.90 Å². The zero-order chi connectivity index (χ0) is 11.4. The molecule has 16 heavy (non-hydrogen) atoms. The summed E-state index contributed by atoms with van der Waals surface area (Å²) in [6.07, 6.45) is 2.79. The second kappa shape index (κ2) is 5.27. The van der Waals surface area contributed by atoms with Gasteiger partial charge in [-0.05, 0) is 18.6 Å². The summed E-state index contributed by atoms with van der Waals surface area (Å²) >= 11 is 0. The van der Waals surface area contributed by atoms with Crippen LogP contribution in [0, 0.1) is 0 Å². The number of pyridine rings is 1. The molecular formula is C12H18N2O2. The summed E-state index contributed by atoms with van der Waals surface area (Å²) in [7, 11) is 0. The van der Waals surface area contributed by atoms with Crippen LogP contribution >= 0.6 is 0 Å². The number of aryl methyl sites for hydroxylation is 1. The van der Waals surface area contributed by atoms with Gasteiger partial charge in [-0.25, -0.2) is 0 Å². The first-order valence-electron chi connectivity index (χ1n) is 5.75. The van der Waals surface area contributed by atoms with E-state index in [4.69, 9.17) is 9.84 Å². The Bertz CT molecular complexity index is 326. The highest BCUT2D eigenvalue weighted by atomic mass is 16.5. The lowest BCUT2D eigenvalue weighted by Crippen LogP contribution is -2.44. The third kappa shape index (κ3) is 2.51. The molecule has 0 spiro atoms. The highest BCUT2D eigenvalue weighted by Gasteiger charge is 2.19. The molecule has 1 fully saturated rings. The molecule has 88 valence electrons. The second-order valence-corrected chi connectivity index (χ2v) is 3.98. The number of rotatable bonds is 3. The largest absolute Gasteiger partial charge is 0.394 e. The Balaban J connectivity index is 2.05. The van der Waals surface area contributed by atoms with E-state index in [9.17, 15) is 0 Å². The molecule has 2 heterocycles. The minimum Gasteiger partial charge on any atom is -0.394 e. The zero-order valence-electron chi connectivity index (χ0n) is 9.59. The lowest BCUT2D eigenvalue weighted by molar-refractivity contribution is 0.00355. The van der Waals surface area contributed by atoms with Gasteiger partial charge in [0.15, 0.2) is 0 Å². The molecule has 0 saturated carbocycles. The Labute approximate surface area is 95.9 Å². The molecule has 1 atom stereocenters. The number of hydrogen-bond acceptors (Lipinski definition) is 4. The van der Waals surface area contributed by atoms with Gasteiger partial charge in [0.2, 0.25) is 0 Å². The highest BCUT2D eigenvalue weighted by molar-refractivity contribution is 5.45. The van der Waals surface area contributed by atoms with Crippen molar-refractivity contribution in [3.8, 4) is 0 Å². The number of aliphatic hydroxyl groups excluding tert-OH is 1. The zero-order valence-corrected chi connectivity index (χ0v) is 9.59. The standard InChI is InChI=1S/C12H18N2O2/c1-2-10-3-4-11(7-13-10)14-5-6-16-12(8-14)9-15/h3-4,7,12,15H,2,5-6,8-9H2,1H3/t12-/m0/s1. The Morgan fingerprint density at radius 3 is 3.06 bits per heavy atom. The van der Waals surface area contributed by atoms with Crippen LogP contribution in [-0.2, 0) is 11.2 Å². The molecule has 0 aromatic carbocycles. The van der Waals surface area contributed by atoms with E-state index in [1.807, 2.05) is 6.20 Å². The molecule has 2 rings (SSSR count). The van der Waals surface area contributed by atoms with Gasteiger partial charge in [-0.1, -0.05) is 6.92 Å². The van der Waals surface area contributed by atoms with Gasteiger partial charge >= 0.3 is 0 Å². The summed E-state index contributed by atoms with van der Waals surface area (Å²) in [5, 5.41) is 9.07. The van der Waals surface area contributed by atoms with Crippen LogP contribution in [0.1, 0.15) is 12.6 Å². The first kappa shape index (κ1) is 11.4. The number of hydrogen-bond donors (Lipinski definition) is 1. The third-order valence-corrected chi connectivity index (χ3v) is 2.88. The van der Waals surface area contributed by atoms with Gasteiger partial charge in [-0.15, -0.1) is 0 Å². The maximum Gasteiger partial charge on any atom is 0.0980 e. The smallest absolute Gasteiger partial charge is 0.0980 e. The van der Waals surface area contributed by atoms with E-state index in [-0.39, 0.29) is 12.7 Å². The molecule has 4 heteroatoms. The Kier molecular flexibility index (Phi) is 3.74. The Morgan fingerprint density at radius 1 is 1.56 bits per heavy atom. The van der Waals surface area contributed by atoms with Crippen LogP contribution in [-0.4, -0.2) is 42.5 Å². The normalized spacial score (nSPS) is 21.1. The highest BCUT2D eigenvalue weighted by Crippen LogP contribution is 2.16. The van der Waals surface area contributed by atoms with Crippen molar-refractivity contribution in [2.75, 3.05) is 31.2 Å². The number of nitrogens with zero attached hydrogens (tertiary/aromatic N) is 2. The van der Waals surface area contributed by atoms with Crippen LogP contribution in [0.25, 0.3) is 0 Å². The number of aliphatic hydroxyl groups is 1. The summed E-state index contributed by atoms with van der Waals surface area (Å²) < 4.78 is 5.41. The van der Waals surface area contributed by atoms with Gasteiger partial charge in [0.1, 0.15) is 0 Å². The fourth-order valence-electron chi connectivity index (χ4n) is 1.88. The average molecular weight is 222 g/mol. The topological polar surface area (TPSA) is 45.6 Å². The van der Waals surface area contributed by atoms with Gasteiger partial charge in [0, 0.05) is 18.8 Å². The first-order chi connectivity index (χ1) is 7.83. The molecule has 0 unspecified atom stereocenters. The van der Waals surface area contributed by atoms with Crippen molar-refractivity contribution >= 4 is 5.69 Å². The van der Waals surface area contributed by atoms with Crippen LogP contribution in [0.15, 0.2) is 18.3 Å². The van der Waals surface area contributed by atoms with Crippen LogP contribution in [0.4, 0.5) is 5.69 Å². The van der Waals surface area contributed by atoms with E-state index in [1.54, 1.807) is 0 Å². The molecule has 0 bridgehead atoms. The third-order valence-electron chi connectivity index (χ3n) is 2.88. The Morgan fingerprint density at radius 2 is 2.44 bits per heavy atom. The Hall–Kier alpha value is -1.13. The molecule has 1 aliphatic rings. The monoisotopic (exact) mass is 222 g/mol. The number of aromatic nitrogens is 1.